The van der Waals surface area contributed by atoms with Gasteiger partial charge in [0.15, 0.2) is 0 Å². The lowest BCUT2D eigenvalue weighted by atomic mass is 9.80. The van der Waals surface area contributed by atoms with Gasteiger partial charge in [-0.1, -0.05) is 347 Å². The largest absolute Gasteiger partial charge is 0.309 e. The number of benzene rings is 19. The van der Waals surface area contributed by atoms with Crippen molar-refractivity contribution < 1.29 is 0 Å². The molecule has 2 heteroatoms. The predicted octanol–water partition coefficient (Wildman–Crippen LogP) is 33.7. The monoisotopic (exact) mass is 1590 g/mol. The third-order valence-corrected chi connectivity index (χ3v) is 29.1. The summed E-state index contributed by atoms with van der Waals surface area (Å²) in [6.07, 6.45) is 0. The number of hydrogen-bond donors (Lipinski definition) is 0. The Kier molecular flexibility index (Phi) is 16.7. The molecule has 0 N–H and O–H groups in total. The van der Waals surface area contributed by atoms with Crippen LogP contribution in [0.4, 0.5) is 34.1 Å². The van der Waals surface area contributed by atoms with Gasteiger partial charge in [0.05, 0.1) is 22.7 Å². The number of aryl methyl sites for hydroxylation is 4. The molecule has 0 aromatic heterocycles. The molecular formula is C122H96N2. The van der Waals surface area contributed by atoms with E-state index in [9.17, 15) is 0 Å². The molecule has 0 heterocycles. The molecule has 124 heavy (non-hydrogen) atoms. The summed E-state index contributed by atoms with van der Waals surface area (Å²) in [5, 5.41) is 9.30. The molecule has 19 aromatic rings. The smallest absolute Gasteiger partial charge is 0.0620 e. The summed E-state index contributed by atoms with van der Waals surface area (Å²) in [7, 11) is 0. The van der Waals surface area contributed by atoms with Crippen LogP contribution in [-0.2, 0) is 21.7 Å². The molecule has 4 aliphatic carbocycles. The van der Waals surface area contributed by atoms with E-state index in [2.05, 4.69) is 457 Å². The van der Waals surface area contributed by atoms with E-state index in [0.717, 1.165) is 55.7 Å². The second-order valence-electron chi connectivity index (χ2n) is 37.7. The Morgan fingerprint density at radius 2 is 0.403 bits per heavy atom. The van der Waals surface area contributed by atoms with Gasteiger partial charge in [0.2, 0.25) is 0 Å². The van der Waals surface area contributed by atoms with Gasteiger partial charge in [-0.15, -0.1) is 0 Å². The van der Waals surface area contributed by atoms with Gasteiger partial charge in [-0.3, -0.25) is 0 Å². The first kappa shape index (κ1) is 74.8. The molecule has 0 unspecified atom stereocenters. The summed E-state index contributed by atoms with van der Waals surface area (Å²) in [5.41, 5.74) is 47.9. The maximum Gasteiger partial charge on any atom is 0.0620 e. The van der Waals surface area contributed by atoms with Gasteiger partial charge in [0.1, 0.15) is 0 Å². The van der Waals surface area contributed by atoms with Crippen molar-refractivity contribution in [2.24, 2.45) is 0 Å². The van der Waals surface area contributed by atoms with Crippen molar-refractivity contribution in [2.45, 2.75) is 105 Å². The van der Waals surface area contributed by atoms with Crippen molar-refractivity contribution in [3.05, 3.63) is 431 Å². The number of nitrogens with zero attached hydrogens (tertiary/aromatic N) is 2. The molecule has 23 rings (SSSR count). The van der Waals surface area contributed by atoms with Crippen LogP contribution >= 0.6 is 0 Å². The topological polar surface area (TPSA) is 6.48 Å². The zero-order valence-electron chi connectivity index (χ0n) is 72.5. The van der Waals surface area contributed by atoms with Crippen molar-refractivity contribution in [1.82, 2.24) is 0 Å². The number of rotatable bonds is 12. The van der Waals surface area contributed by atoms with Crippen LogP contribution in [0.15, 0.2) is 364 Å². The summed E-state index contributed by atoms with van der Waals surface area (Å²) in [5.74, 6) is 0. The molecule has 2 nitrogen and oxygen atoms in total. The Balaban J connectivity index is 0.578. The Bertz CT molecular complexity index is 7200. The van der Waals surface area contributed by atoms with E-state index in [1.165, 1.54) is 200 Å². The van der Waals surface area contributed by atoms with E-state index < -0.39 is 0 Å². The van der Waals surface area contributed by atoms with E-state index in [4.69, 9.17) is 0 Å². The third kappa shape index (κ3) is 11.3. The van der Waals surface area contributed by atoms with E-state index in [1.54, 1.807) is 0 Å². The van der Waals surface area contributed by atoms with Gasteiger partial charge in [0, 0.05) is 65.4 Å². The highest BCUT2D eigenvalue weighted by atomic mass is 15.2. The Labute approximate surface area is 728 Å². The van der Waals surface area contributed by atoms with Crippen molar-refractivity contribution >= 4 is 77.2 Å². The van der Waals surface area contributed by atoms with Crippen LogP contribution in [0.5, 0.6) is 0 Å². The van der Waals surface area contributed by atoms with Crippen LogP contribution < -0.4 is 9.80 Å². The lowest BCUT2D eigenvalue weighted by Gasteiger charge is -2.33. The van der Waals surface area contributed by atoms with E-state index in [0.29, 0.717) is 0 Å². The molecule has 0 fully saturated rings. The van der Waals surface area contributed by atoms with Crippen LogP contribution in [0.3, 0.4) is 0 Å². The SMILES string of the molecule is Cc1cc(-c2ccc3c(c2)C(C)(C)c2cc(-c4ccc5c(c4)C(C)(C)c4ccccc4-5)ccc2-3)cc(C)c1-c1ccc(N(c2cccc3ccccc23)c2c3ccccc3c(N(c3ccc(-c4c(C)cc(-c5ccc6c(c5)C(C)(C)c5cc(-c7ccc8c(c7)C(C)(C)c7ccccc7-8)ccc5-6)cc4C)cc3)c3cccc4ccccc34)c3ccccc23)cc1. The standard InChI is InChI=1S/C122H96N2/c1-73-63-87(85-51-61-99-97-59-49-83(69-109(97)121(9,10)111(99)71-85)81-47-57-95-93-33-21-23-39-105(93)119(5,6)107(95)67-81)64-74(2)115(73)79-43-53-89(54-44-79)123(113-41-25-29-77-27-13-15-31-91(77)113)117-101-35-17-19-37-103(101)118(104-38-20-18-36-102(104)117)124(114-42-26-30-78-28-14-16-32-92(78)114)90-55-45-80(46-56-90)116-75(3)65-88(66-76(116)4)86-52-62-100-98-60-50-84(70-110(98)122(11,12)112(100)72-86)82-48-58-96-94-34-22-24-40-106(94)120(7,8)108(96)68-82/h13-72H,1-12H3. The number of fused-ring (bicyclic) bond motifs is 16. The van der Waals surface area contributed by atoms with Gasteiger partial charge in [-0.2, -0.15) is 0 Å². The molecule has 0 radical (unpaired) electrons. The Hall–Kier alpha value is -14.2. The molecule has 4 aliphatic rings. The van der Waals surface area contributed by atoms with Crippen molar-refractivity contribution in [3.8, 4) is 111 Å². The number of anilines is 6. The summed E-state index contributed by atoms with van der Waals surface area (Å²) in [4.78, 5) is 5.10. The minimum absolute atomic E-state index is 0.0576. The molecule has 0 spiro atoms. The average Bonchev–Trinajstić information content (AvgIpc) is 1.47. The minimum Gasteiger partial charge on any atom is -0.309 e. The number of hydrogen-bond acceptors (Lipinski definition) is 2. The predicted molar refractivity (Wildman–Crippen MR) is 528 cm³/mol. The van der Waals surface area contributed by atoms with E-state index >= 15 is 0 Å². The fourth-order valence-electron chi connectivity index (χ4n) is 22.8. The van der Waals surface area contributed by atoms with Gasteiger partial charge in [-0.05, 0) is 289 Å². The van der Waals surface area contributed by atoms with Gasteiger partial charge in [-0.25, -0.2) is 0 Å². The van der Waals surface area contributed by atoms with E-state index in [1.807, 2.05) is 0 Å². The highest BCUT2D eigenvalue weighted by Crippen LogP contribution is 2.59. The van der Waals surface area contributed by atoms with Gasteiger partial charge < -0.3 is 9.80 Å². The molecule has 0 saturated carbocycles. The van der Waals surface area contributed by atoms with Crippen LogP contribution in [-0.4, -0.2) is 0 Å². The van der Waals surface area contributed by atoms with Crippen molar-refractivity contribution in [3.63, 3.8) is 0 Å². The van der Waals surface area contributed by atoms with Crippen molar-refractivity contribution in [2.75, 3.05) is 9.80 Å². The zero-order chi connectivity index (χ0) is 84.1. The zero-order valence-corrected chi connectivity index (χ0v) is 72.5. The van der Waals surface area contributed by atoms with Crippen molar-refractivity contribution in [1.29, 1.82) is 0 Å². The first-order valence-corrected chi connectivity index (χ1v) is 44.2. The maximum atomic E-state index is 2.55. The summed E-state index contributed by atoms with van der Waals surface area (Å²) < 4.78 is 0. The second-order valence-corrected chi connectivity index (χ2v) is 37.7. The highest BCUT2D eigenvalue weighted by molar-refractivity contribution is 6.25. The Morgan fingerprint density at radius 3 is 0.702 bits per heavy atom. The average molecular weight is 1590 g/mol. The highest BCUT2D eigenvalue weighted by Gasteiger charge is 2.41. The van der Waals surface area contributed by atoms with Crippen LogP contribution in [0, 0.1) is 27.7 Å². The summed E-state index contributed by atoms with van der Waals surface area (Å²) in [6, 6.07) is 139. The normalized spacial score (nSPS) is 14.2. The molecule has 0 amide bonds. The molecule has 19 aromatic carbocycles. The summed E-state index contributed by atoms with van der Waals surface area (Å²) >= 11 is 0. The Morgan fingerprint density at radius 1 is 0.177 bits per heavy atom. The maximum absolute atomic E-state index is 2.55. The molecule has 0 aliphatic heterocycles. The molecule has 594 valence electrons. The molecule has 0 atom stereocenters. The fourth-order valence-corrected chi connectivity index (χ4v) is 22.8. The first-order chi connectivity index (χ1) is 60.1. The van der Waals surface area contributed by atoms with Crippen LogP contribution in [0.2, 0.25) is 0 Å². The second kappa shape index (κ2) is 27.7. The lowest BCUT2D eigenvalue weighted by molar-refractivity contribution is 0.659. The first-order valence-electron chi connectivity index (χ1n) is 44.2. The fraction of sp³-hybridized carbons (Fsp3) is 0.131. The minimum atomic E-state index is -0.194. The lowest BCUT2D eigenvalue weighted by Crippen LogP contribution is -2.15. The molecule has 0 saturated heterocycles. The van der Waals surface area contributed by atoms with Gasteiger partial charge in [0.25, 0.3) is 0 Å². The van der Waals surface area contributed by atoms with E-state index in [-0.39, 0.29) is 21.7 Å². The van der Waals surface area contributed by atoms with Crippen LogP contribution in [0.25, 0.3) is 154 Å². The summed E-state index contributed by atoms with van der Waals surface area (Å²) in [6.45, 7) is 28.3. The third-order valence-electron chi connectivity index (χ3n) is 29.1. The molecule has 0 bridgehead atoms. The molecular weight excluding hydrogens is 1490 g/mol. The quantitative estimate of drug-likeness (QED) is 0.0888. The van der Waals surface area contributed by atoms with Crippen LogP contribution in [0.1, 0.15) is 122 Å². The van der Waals surface area contributed by atoms with Gasteiger partial charge >= 0.3 is 0 Å².